The molecule has 1 heterocycles. The second kappa shape index (κ2) is 9.88. The molecule has 3 aromatic rings. The van der Waals surface area contributed by atoms with Crippen LogP contribution in [0.3, 0.4) is 0 Å². The van der Waals surface area contributed by atoms with Gasteiger partial charge in [0.05, 0.1) is 17.2 Å². The molecule has 0 bridgehead atoms. The van der Waals surface area contributed by atoms with Crippen molar-refractivity contribution in [3.8, 4) is 17.0 Å². The lowest BCUT2D eigenvalue weighted by atomic mass is 10.1. The third kappa shape index (κ3) is 4.89. The molecule has 1 aromatic heterocycles. The Morgan fingerprint density at radius 3 is 2.57 bits per heavy atom. The first kappa shape index (κ1) is 22.0. The van der Waals surface area contributed by atoms with E-state index >= 15 is 0 Å². The molecule has 160 valence electrons. The van der Waals surface area contributed by atoms with Gasteiger partial charge in [0, 0.05) is 24.4 Å². The van der Waals surface area contributed by atoms with Crippen LogP contribution in [0.25, 0.3) is 11.3 Å². The Labute approximate surface area is 176 Å². The summed E-state index contributed by atoms with van der Waals surface area (Å²) in [7, 11) is -0.332. The lowest BCUT2D eigenvalue weighted by Crippen LogP contribution is -2.14. The maximum Gasteiger partial charge on any atom is 0.268 e. The number of ether oxygens (including phenoxy) is 1. The standard InChI is InChI=1S/C22H26FN3O3S/c1-24-11-6-12-29-18-7-5-8-19(14-18)30(27,28)26-16-17(15-25-2)13-22(26)20-9-3-4-10-21(20)23/h3-5,7-10,13-14,16,24-25H,6,11-12,15H2,1-2H3. The summed E-state index contributed by atoms with van der Waals surface area (Å²) in [5.74, 6) is -0.00750. The van der Waals surface area contributed by atoms with E-state index in [1.54, 1.807) is 43.4 Å². The van der Waals surface area contributed by atoms with Gasteiger partial charge >= 0.3 is 0 Å². The van der Waals surface area contributed by atoms with Crippen molar-refractivity contribution >= 4 is 10.0 Å². The first-order chi connectivity index (χ1) is 14.5. The first-order valence-electron chi connectivity index (χ1n) is 9.71. The van der Waals surface area contributed by atoms with E-state index in [1.165, 1.54) is 24.4 Å². The minimum absolute atomic E-state index is 0.0813. The Hall–Kier alpha value is -2.68. The molecule has 2 aromatic carbocycles. The molecule has 0 radical (unpaired) electrons. The Kier molecular flexibility index (Phi) is 7.25. The Morgan fingerprint density at radius 1 is 1.03 bits per heavy atom. The van der Waals surface area contributed by atoms with Crippen LogP contribution in [-0.2, 0) is 16.6 Å². The molecule has 0 aliphatic heterocycles. The summed E-state index contributed by atoms with van der Waals surface area (Å²) < 4.78 is 48.1. The summed E-state index contributed by atoms with van der Waals surface area (Å²) in [5.41, 5.74) is 1.24. The van der Waals surface area contributed by atoms with Crippen LogP contribution in [0.15, 0.2) is 65.7 Å². The van der Waals surface area contributed by atoms with Gasteiger partial charge in [0.15, 0.2) is 0 Å². The summed E-state index contributed by atoms with van der Waals surface area (Å²) in [5, 5.41) is 6.03. The Balaban J connectivity index is 2.01. The van der Waals surface area contributed by atoms with Crippen LogP contribution in [0, 0.1) is 5.82 Å². The molecule has 0 fully saturated rings. The third-order valence-corrected chi connectivity index (χ3v) is 6.25. The zero-order valence-electron chi connectivity index (χ0n) is 17.1. The third-order valence-electron chi connectivity index (χ3n) is 4.58. The number of aromatic nitrogens is 1. The molecule has 0 aliphatic carbocycles. The van der Waals surface area contributed by atoms with Crippen LogP contribution < -0.4 is 15.4 Å². The van der Waals surface area contributed by atoms with E-state index in [-0.39, 0.29) is 16.2 Å². The number of rotatable bonds is 10. The van der Waals surface area contributed by atoms with E-state index in [2.05, 4.69) is 10.6 Å². The fraction of sp³-hybridized carbons (Fsp3) is 0.273. The van der Waals surface area contributed by atoms with Crippen LogP contribution in [0.1, 0.15) is 12.0 Å². The first-order valence-corrected chi connectivity index (χ1v) is 11.1. The fourth-order valence-corrected chi connectivity index (χ4v) is 4.57. The fourth-order valence-electron chi connectivity index (χ4n) is 3.14. The highest BCUT2D eigenvalue weighted by atomic mass is 32.2. The quantitative estimate of drug-likeness (QED) is 0.482. The van der Waals surface area contributed by atoms with E-state index in [0.717, 1.165) is 22.5 Å². The van der Waals surface area contributed by atoms with Crippen molar-refractivity contribution in [1.29, 1.82) is 0 Å². The minimum Gasteiger partial charge on any atom is -0.494 e. The SMILES string of the molecule is CNCCCOc1cccc(S(=O)(=O)n2cc(CNC)cc2-c2ccccc2F)c1. The van der Waals surface area contributed by atoms with Gasteiger partial charge in [-0.05, 0) is 63.0 Å². The van der Waals surface area contributed by atoms with Gasteiger partial charge in [-0.1, -0.05) is 18.2 Å². The summed E-state index contributed by atoms with van der Waals surface area (Å²) in [6.07, 6.45) is 2.32. The van der Waals surface area contributed by atoms with Crippen LogP contribution >= 0.6 is 0 Å². The molecule has 0 amide bonds. The van der Waals surface area contributed by atoms with Crippen molar-refractivity contribution < 1.29 is 17.5 Å². The number of hydrogen-bond acceptors (Lipinski definition) is 5. The normalized spacial score (nSPS) is 11.6. The average molecular weight is 432 g/mol. The Morgan fingerprint density at radius 2 is 1.83 bits per heavy atom. The van der Waals surface area contributed by atoms with Gasteiger partial charge in [-0.3, -0.25) is 0 Å². The molecule has 0 saturated heterocycles. The highest BCUT2D eigenvalue weighted by molar-refractivity contribution is 7.90. The van der Waals surface area contributed by atoms with Crippen molar-refractivity contribution in [3.05, 3.63) is 72.2 Å². The molecule has 6 nitrogen and oxygen atoms in total. The molecule has 0 aliphatic rings. The number of halogens is 1. The molecular formula is C22H26FN3O3S. The molecule has 8 heteroatoms. The molecule has 0 atom stereocenters. The number of benzene rings is 2. The van der Waals surface area contributed by atoms with Gasteiger partial charge in [-0.25, -0.2) is 16.8 Å². The average Bonchev–Trinajstić information content (AvgIpc) is 3.17. The second-order valence-electron chi connectivity index (χ2n) is 6.83. The maximum atomic E-state index is 14.5. The van der Waals surface area contributed by atoms with Crippen molar-refractivity contribution in [2.45, 2.75) is 17.9 Å². The van der Waals surface area contributed by atoms with Crippen molar-refractivity contribution in [2.75, 3.05) is 27.2 Å². The van der Waals surface area contributed by atoms with Crippen molar-refractivity contribution in [2.24, 2.45) is 0 Å². The van der Waals surface area contributed by atoms with Crippen molar-refractivity contribution in [1.82, 2.24) is 14.6 Å². The second-order valence-corrected chi connectivity index (χ2v) is 8.64. The predicted molar refractivity (Wildman–Crippen MR) is 116 cm³/mol. The highest BCUT2D eigenvalue weighted by Gasteiger charge is 2.23. The van der Waals surface area contributed by atoms with Gasteiger partial charge in [-0.2, -0.15) is 0 Å². The van der Waals surface area contributed by atoms with E-state index < -0.39 is 15.8 Å². The van der Waals surface area contributed by atoms with E-state index in [4.69, 9.17) is 4.74 Å². The van der Waals surface area contributed by atoms with Crippen LogP contribution in [0.4, 0.5) is 4.39 Å². The van der Waals surface area contributed by atoms with E-state index in [9.17, 15) is 12.8 Å². The van der Waals surface area contributed by atoms with Crippen molar-refractivity contribution in [3.63, 3.8) is 0 Å². The van der Waals surface area contributed by atoms with Gasteiger partial charge in [0.25, 0.3) is 10.0 Å². The topological polar surface area (TPSA) is 72.4 Å². The lowest BCUT2D eigenvalue weighted by Gasteiger charge is -2.13. The monoisotopic (exact) mass is 431 g/mol. The smallest absolute Gasteiger partial charge is 0.268 e. The van der Waals surface area contributed by atoms with Gasteiger partial charge in [-0.15, -0.1) is 0 Å². The summed E-state index contributed by atoms with van der Waals surface area (Å²) >= 11 is 0. The number of hydrogen-bond donors (Lipinski definition) is 2. The van der Waals surface area contributed by atoms with Gasteiger partial charge in [0.2, 0.25) is 0 Å². The maximum absolute atomic E-state index is 14.5. The van der Waals surface area contributed by atoms with Crippen LogP contribution in [0.5, 0.6) is 5.75 Å². The molecular weight excluding hydrogens is 405 g/mol. The van der Waals surface area contributed by atoms with Crippen LogP contribution in [0.2, 0.25) is 0 Å². The number of nitrogens with one attached hydrogen (secondary N) is 2. The molecule has 3 rings (SSSR count). The molecule has 0 spiro atoms. The zero-order chi connectivity index (χ0) is 21.6. The van der Waals surface area contributed by atoms with Crippen LogP contribution in [-0.4, -0.2) is 39.6 Å². The van der Waals surface area contributed by atoms with E-state index in [0.29, 0.717) is 18.9 Å². The van der Waals surface area contributed by atoms with Gasteiger partial charge < -0.3 is 15.4 Å². The van der Waals surface area contributed by atoms with E-state index in [1.807, 2.05) is 7.05 Å². The van der Waals surface area contributed by atoms with Gasteiger partial charge in [0.1, 0.15) is 11.6 Å². The molecule has 0 unspecified atom stereocenters. The molecule has 30 heavy (non-hydrogen) atoms. The molecule has 0 saturated carbocycles. The minimum atomic E-state index is -3.96. The zero-order valence-corrected chi connectivity index (χ0v) is 17.9. The largest absolute Gasteiger partial charge is 0.494 e. The predicted octanol–water partition coefficient (Wildman–Crippen LogP) is 3.24. The summed E-state index contributed by atoms with van der Waals surface area (Å²) in [4.78, 5) is 0.0813. The Bertz CT molecular complexity index is 1100. The lowest BCUT2D eigenvalue weighted by molar-refractivity contribution is 0.309. The molecule has 2 N–H and O–H groups in total. The number of nitrogens with zero attached hydrogens (tertiary/aromatic N) is 1. The highest BCUT2D eigenvalue weighted by Crippen LogP contribution is 2.30. The summed E-state index contributed by atoms with van der Waals surface area (Å²) in [6.45, 7) is 1.74. The summed E-state index contributed by atoms with van der Waals surface area (Å²) in [6, 6.07) is 14.2.